The zero-order chi connectivity index (χ0) is 17.8. The molecule has 0 unspecified atom stereocenters. The molecule has 1 amide bonds. The van der Waals surface area contributed by atoms with E-state index in [1.54, 1.807) is 12.4 Å². The van der Waals surface area contributed by atoms with Gasteiger partial charge < -0.3 is 14.5 Å². The molecule has 4 rings (SSSR count). The predicted molar refractivity (Wildman–Crippen MR) is 102 cm³/mol. The predicted octanol–water partition coefficient (Wildman–Crippen LogP) is 2.96. The summed E-state index contributed by atoms with van der Waals surface area (Å²) in [4.78, 5) is 20.6. The second-order valence-corrected chi connectivity index (χ2v) is 6.37. The van der Waals surface area contributed by atoms with Crippen LogP contribution < -0.4 is 9.64 Å². The number of benzene rings is 2. The third-order valence-corrected chi connectivity index (χ3v) is 4.74. The minimum Gasteiger partial charge on any atom is -0.484 e. The summed E-state index contributed by atoms with van der Waals surface area (Å²) in [7, 11) is 0. The van der Waals surface area contributed by atoms with Gasteiger partial charge in [0.25, 0.3) is 5.91 Å². The van der Waals surface area contributed by atoms with Crippen LogP contribution in [0, 0.1) is 0 Å². The fraction of sp³-hybridized carbons (Fsp3) is 0.238. The van der Waals surface area contributed by atoms with Crippen molar-refractivity contribution in [2.75, 3.05) is 37.7 Å². The molecule has 0 spiro atoms. The lowest BCUT2D eigenvalue weighted by atomic mass is 10.1. The normalized spacial score (nSPS) is 14.5. The van der Waals surface area contributed by atoms with Crippen LogP contribution >= 0.6 is 0 Å². The number of fused-ring (bicyclic) bond motifs is 1. The summed E-state index contributed by atoms with van der Waals surface area (Å²) in [5, 5.41) is 2.28. The first-order chi connectivity index (χ1) is 12.8. The largest absolute Gasteiger partial charge is 0.484 e. The number of ether oxygens (including phenoxy) is 1. The second kappa shape index (κ2) is 7.44. The molecule has 2 aromatic carbocycles. The average molecular weight is 347 g/mol. The van der Waals surface area contributed by atoms with Crippen molar-refractivity contribution < 1.29 is 9.53 Å². The fourth-order valence-corrected chi connectivity index (χ4v) is 3.26. The van der Waals surface area contributed by atoms with Crippen LogP contribution in [-0.2, 0) is 4.79 Å². The Hall–Kier alpha value is -3.08. The molecule has 0 bridgehead atoms. The summed E-state index contributed by atoms with van der Waals surface area (Å²) in [6.07, 6.45) is 3.59. The Morgan fingerprint density at radius 3 is 2.42 bits per heavy atom. The molecule has 3 aromatic rings. The average Bonchev–Trinajstić information content (AvgIpc) is 2.72. The van der Waals surface area contributed by atoms with Gasteiger partial charge in [0.15, 0.2) is 6.61 Å². The fourth-order valence-electron chi connectivity index (χ4n) is 3.26. The Morgan fingerprint density at radius 1 is 0.923 bits per heavy atom. The number of hydrogen-bond acceptors (Lipinski definition) is 4. The minimum absolute atomic E-state index is 0.0348. The molecule has 0 N–H and O–H groups in total. The molecule has 2 heterocycles. The van der Waals surface area contributed by atoms with E-state index in [2.05, 4.69) is 16.0 Å². The quantitative estimate of drug-likeness (QED) is 0.728. The van der Waals surface area contributed by atoms with Gasteiger partial charge in [-0.1, -0.05) is 30.3 Å². The van der Waals surface area contributed by atoms with E-state index in [1.807, 2.05) is 53.4 Å². The molecule has 1 aromatic heterocycles. The Labute approximate surface area is 152 Å². The van der Waals surface area contributed by atoms with Crippen molar-refractivity contribution in [2.24, 2.45) is 0 Å². The molecule has 5 nitrogen and oxygen atoms in total. The molecule has 1 aliphatic heterocycles. The number of pyridine rings is 1. The van der Waals surface area contributed by atoms with Gasteiger partial charge in [-0.25, -0.2) is 0 Å². The zero-order valence-electron chi connectivity index (χ0n) is 14.5. The van der Waals surface area contributed by atoms with E-state index >= 15 is 0 Å². The third kappa shape index (κ3) is 3.61. The molecule has 5 heteroatoms. The number of rotatable bonds is 4. The van der Waals surface area contributed by atoms with E-state index in [4.69, 9.17) is 4.74 Å². The molecule has 1 saturated heterocycles. The summed E-state index contributed by atoms with van der Waals surface area (Å²) in [6, 6.07) is 18.0. The molecule has 0 radical (unpaired) electrons. The maximum Gasteiger partial charge on any atom is 0.260 e. The van der Waals surface area contributed by atoms with Crippen molar-refractivity contribution in [2.45, 2.75) is 0 Å². The van der Waals surface area contributed by atoms with E-state index < -0.39 is 0 Å². The molecule has 132 valence electrons. The number of carbonyl (C=O) groups excluding carboxylic acids is 1. The number of nitrogens with zero attached hydrogens (tertiary/aromatic N) is 3. The van der Waals surface area contributed by atoms with Gasteiger partial charge in [-0.2, -0.15) is 0 Å². The number of anilines is 1. The van der Waals surface area contributed by atoms with E-state index in [0.29, 0.717) is 13.1 Å². The summed E-state index contributed by atoms with van der Waals surface area (Å²) in [6.45, 7) is 3.15. The van der Waals surface area contributed by atoms with Crippen LogP contribution in [-0.4, -0.2) is 48.6 Å². The van der Waals surface area contributed by atoms with Gasteiger partial charge >= 0.3 is 0 Å². The minimum atomic E-state index is 0.0348. The Kier molecular flexibility index (Phi) is 4.69. The summed E-state index contributed by atoms with van der Waals surface area (Å²) in [5.41, 5.74) is 1.15. The molecular weight excluding hydrogens is 326 g/mol. The number of carbonyl (C=O) groups is 1. The van der Waals surface area contributed by atoms with Crippen LogP contribution in [0.5, 0.6) is 5.75 Å². The van der Waals surface area contributed by atoms with Crippen LogP contribution in [0.1, 0.15) is 0 Å². The van der Waals surface area contributed by atoms with Crippen LogP contribution in [0.2, 0.25) is 0 Å². The van der Waals surface area contributed by atoms with Crippen molar-refractivity contribution >= 4 is 22.4 Å². The van der Waals surface area contributed by atoms with E-state index in [0.717, 1.165) is 29.9 Å². The summed E-state index contributed by atoms with van der Waals surface area (Å²) < 4.78 is 5.73. The second-order valence-electron chi connectivity index (χ2n) is 6.37. The van der Waals surface area contributed by atoms with Gasteiger partial charge in [0.1, 0.15) is 5.75 Å². The molecule has 0 aliphatic carbocycles. The smallest absolute Gasteiger partial charge is 0.260 e. The van der Waals surface area contributed by atoms with Crippen molar-refractivity contribution in [1.82, 2.24) is 9.88 Å². The topological polar surface area (TPSA) is 45.7 Å². The summed E-state index contributed by atoms with van der Waals surface area (Å²) >= 11 is 0. The van der Waals surface area contributed by atoms with Crippen LogP contribution in [0.15, 0.2) is 67.0 Å². The van der Waals surface area contributed by atoms with Gasteiger partial charge in [0, 0.05) is 44.3 Å². The molecule has 0 atom stereocenters. The maximum absolute atomic E-state index is 12.5. The van der Waals surface area contributed by atoms with Crippen molar-refractivity contribution in [1.29, 1.82) is 0 Å². The first-order valence-electron chi connectivity index (χ1n) is 8.84. The van der Waals surface area contributed by atoms with Gasteiger partial charge in [0.05, 0.1) is 0 Å². The molecular formula is C21H21N3O2. The highest BCUT2D eigenvalue weighted by atomic mass is 16.5. The number of piperazine rings is 1. The van der Waals surface area contributed by atoms with Crippen LogP contribution in [0.25, 0.3) is 10.8 Å². The highest BCUT2D eigenvalue weighted by Gasteiger charge is 2.21. The van der Waals surface area contributed by atoms with Crippen molar-refractivity contribution in [3.63, 3.8) is 0 Å². The lowest BCUT2D eigenvalue weighted by Gasteiger charge is -2.36. The van der Waals surface area contributed by atoms with Gasteiger partial charge in [0.2, 0.25) is 0 Å². The van der Waals surface area contributed by atoms with Crippen molar-refractivity contribution in [3.8, 4) is 5.75 Å². The monoisotopic (exact) mass is 347 g/mol. The Bertz CT molecular complexity index is 890. The lowest BCUT2D eigenvalue weighted by molar-refractivity contribution is -0.133. The number of hydrogen-bond donors (Lipinski definition) is 0. The van der Waals surface area contributed by atoms with E-state index in [9.17, 15) is 4.79 Å². The highest BCUT2D eigenvalue weighted by Crippen LogP contribution is 2.21. The maximum atomic E-state index is 12.5. The number of amides is 1. The van der Waals surface area contributed by atoms with E-state index in [1.165, 1.54) is 5.39 Å². The van der Waals surface area contributed by atoms with Gasteiger partial charge in [-0.15, -0.1) is 0 Å². The molecule has 1 aliphatic rings. The SMILES string of the molecule is O=C(COc1ccc2ccccc2c1)N1CCN(c2ccncc2)CC1. The van der Waals surface area contributed by atoms with E-state index in [-0.39, 0.29) is 12.5 Å². The summed E-state index contributed by atoms with van der Waals surface area (Å²) in [5.74, 6) is 0.764. The van der Waals surface area contributed by atoms with Crippen LogP contribution in [0.4, 0.5) is 5.69 Å². The number of aromatic nitrogens is 1. The Balaban J connectivity index is 1.31. The highest BCUT2D eigenvalue weighted by molar-refractivity contribution is 5.84. The van der Waals surface area contributed by atoms with Gasteiger partial charge in [-0.05, 0) is 35.0 Å². The van der Waals surface area contributed by atoms with Gasteiger partial charge in [-0.3, -0.25) is 9.78 Å². The first kappa shape index (κ1) is 16.4. The zero-order valence-corrected chi connectivity index (χ0v) is 14.5. The van der Waals surface area contributed by atoms with Crippen molar-refractivity contribution in [3.05, 3.63) is 67.0 Å². The van der Waals surface area contributed by atoms with Crippen LogP contribution in [0.3, 0.4) is 0 Å². The standard InChI is InChI=1S/C21H21N3O2/c25-21(16-26-20-6-5-17-3-1-2-4-18(17)15-20)24-13-11-23(12-14-24)19-7-9-22-10-8-19/h1-10,15H,11-14,16H2. The molecule has 26 heavy (non-hydrogen) atoms. The third-order valence-electron chi connectivity index (χ3n) is 4.74. The Morgan fingerprint density at radius 2 is 1.65 bits per heavy atom. The lowest BCUT2D eigenvalue weighted by Crippen LogP contribution is -2.50. The first-order valence-corrected chi connectivity index (χ1v) is 8.84. The molecule has 0 saturated carbocycles. The molecule has 1 fully saturated rings.